The normalized spacial score (nSPS) is 11.1. The molecule has 0 saturated heterocycles. The monoisotopic (exact) mass is 279 g/mol. The van der Waals surface area contributed by atoms with E-state index in [-0.39, 0.29) is 5.84 Å². The first kappa shape index (κ1) is 16.5. The van der Waals surface area contributed by atoms with E-state index < -0.39 is 0 Å². The average molecular weight is 279 g/mol. The number of ether oxygens (including phenoxy) is 2. The van der Waals surface area contributed by atoms with Gasteiger partial charge in [-0.25, -0.2) is 0 Å². The minimum absolute atomic E-state index is 0.0712. The van der Waals surface area contributed by atoms with Crippen molar-refractivity contribution in [1.29, 1.82) is 5.41 Å². The van der Waals surface area contributed by atoms with Crippen LogP contribution in [-0.2, 0) is 11.3 Å². The fourth-order valence-corrected chi connectivity index (χ4v) is 2.02. The maximum absolute atomic E-state index is 7.54. The third-order valence-corrected chi connectivity index (χ3v) is 3.28. The molecule has 0 heterocycles. The van der Waals surface area contributed by atoms with Gasteiger partial charge in [-0.15, -0.1) is 0 Å². The minimum atomic E-state index is 0.0712. The number of nitrogens with two attached hydrogens (primary N) is 1. The molecule has 20 heavy (non-hydrogen) atoms. The molecule has 0 saturated carbocycles. The average Bonchev–Trinajstić information content (AvgIpc) is 2.42. The summed E-state index contributed by atoms with van der Waals surface area (Å²) in [4.78, 5) is 2.30. The summed E-state index contributed by atoms with van der Waals surface area (Å²) in [5.41, 5.74) is 7.31. The van der Waals surface area contributed by atoms with Gasteiger partial charge in [-0.2, -0.15) is 0 Å². The Labute approximate surface area is 121 Å². The Morgan fingerprint density at radius 1 is 1.35 bits per heavy atom. The van der Waals surface area contributed by atoms with Crippen LogP contribution in [0.3, 0.4) is 0 Å². The van der Waals surface area contributed by atoms with Crippen LogP contribution in [0.4, 0.5) is 0 Å². The van der Waals surface area contributed by atoms with Gasteiger partial charge in [-0.1, -0.05) is 0 Å². The van der Waals surface area contributed by atoms with E-state index in [1.165, 1.54) is 0 Å². The van der Waals surface area contributed by atoms with Crippen LogP contribution in [0.25, 0.3) is 0 Å². The third kappa shape index (κ3) is 4.51. The SMILES string of the molecule is COCCN(Cc1cc(C(=N)N)ccc1OC)C(C)C. The molecule has 1 aromatic carbocycles. The smallest absolute Gasteiger partial charge is 0.123 e. The number of rotatable bonds is 8. The van der Waals surface area contributed by atoms with Crippen LogP contribution in [0, 0.1) is 5.41 Å². The highest BCUT2D eigenvalue weighted by molar-refractivity contribution is 5.95. The van der Waals surface area contributed by atoms with Gasteiger partial charge in [-0.05, 0) is 32.0 Å². The molecule has 0 aliphatic carbocycles. The lowest BCUT2D eigenvalue weighted by atomic mass is 10.1. The number of hydrogen-bond acceptors (Lipinski definition) is 4. The molecule has 0 atom stereocenters. The molecule has 1 rings (SSSR count). The molecule has 0 spiro atoms. The number of nitrogens with zero attached hydrogens (tertiary/aromatic N) is 1. The Morgan fingerprint density at radius 3 is 2.55 bits per heavy atom. The second kappa shape index (κ2) is 7.87. The van der Waals surface area contributed by atoms with Crippen molar-refractivity contribution >= 4 is 5.84 Å². The van der Waals surface area contributed by atoms with Crippen molar-refractivity contribution in [3.05, 3.63) is 29.3 Å². The maximum atomic E-state index is 7.54. The lowest BCUT2D eigenvalue weighted by Gasteiger charge is -2.27. The van der Waals surface area contributed by atoms with Crippen LogP contribution < -0.4 is 10.5 Å². The quantitative estimate of drug-likeness (QED) is 0.562. The molecule has 0 aliphatic heterocycles. The fourth-order valence-electron chi connectivity index (χ4n) is 2.02. The predicted octanol–water partition coefficient (Wildman–Crippen LogP) is 1.84. The molecule has 5 nitrogen and oxygen atoms in total. The van der Waals surface area contributed by atoms with E-state index in [1.807, 2.05) is 12.1 Å². The highest BCUT2D eigenvalue weighted by atomic mass is 16.5. The van der Waals surface area contributed by atoms with Crippen molar-refractivity contribution in [2.45, 2.75) is 26.4 Å². The van der Waals surface area contributed by atoms with Crippen molar-refractivity contribution in [3.63, 3.8) is 0 Å². The highest BCUT2D eigenvalue weighted by Crippen LogP contribution is 2.22. The molecular formula is C15H25N3O2. The molecule has 0 fully saturated rings. The summed E-state index contributed by atoms with van der Waals surface area (Å²) >= 11 is 0. The molecule has 112 valence electrons. The van der Waals surface area contributed by atoms with E-state index in [4.69, 9.17) is 20.6 Å². The number of hydrogen-bond donors (Lipinski definition) is 2. The van der Waals surface area contributed by atoms with Crippen molar-refractivity contribution in [3.8, 4) is 5.75 Å². The summed E-state index contributed by atoms with van der Waals surface area (Å²) < 4.78 is 10.5. The van der Waals surface area contributed by atoms with Crippen molar-refractivity contribution in [2.24, 2.45) is 5.73 Å². The number of nitrogen functional groups attached to an aromatic ring is 1. The van der Waals surface area contributed by atoms with Crippen molar-refractivity contribution in [1.82, 2.24) is 4.90 Å². The zero-order valence-corrected chi connectivity index (χ0v) is 12.8. The predicted molar refractivity (Wildman–Crippen MR) is 81.4 cm³/mol. The van der Waals surface area contributed by atoms with Gasteiger partial charge >= 0.3 is 0 Å². The van der Waals surface area contributed by atoms with Crippen LogP contribution in [0.5, 0.6) is 5.75 Å². The number of nitrogens with one attached hydrogen (secondary N) is 1. The Bertz CT molecular complexity index is 447. The Kier molecular flexibility index (Phi) is 6.48. The van der Waals surface area contributed by atoms with Gasteiger partial charge < -0.3 is 15.2 Å². The zero-order chi connectivity index (χ0) is 15.1. The molecule has 3 N–H and O–H groups in total. The Balaban J connectivity index is 2.96. The summed E-state index contributed by atoms with van der Waals surface area (Å²) in [5, 5.41) is 7.54. The summed E-state index contributed by atoms with van der Waals surface area (Å²) in [7, 11) is 3.36. The van der Waals surface area contributed by atoms with E-state index in [2.05, 4.69) is 18.7 Å². The largest absolute Gasteiger partial charge is 0.496 e. The second-order valence-corrected chi connectivity index (χ2v) is 5.00. The van der Waals surface area contributed by atoms with Gasteiger partial charge in [0.15, 0.2) is 0 Å². The fraction of sp³-hybridized carbons (Fsp3) is 0.533. The molecule has 0 aromatic heterocycles. The summed E-state index contributed by atoms with van der Waals surface area (Å²) in [6, 6.07) is 5.99. The zero-order valence-electron chi connectivity index (χ0n) is 12.8. The van der Waals surface area contributed by atoms with Gasteiger partial charge in [0.1, 0.15) is 11.6 Å². The molecule has 1 aromatic rings. The van der Waals surface area contributed by atoms with E-state index >= 15 is 0 Å². The van der Waals surface area contributed by atoms with Gasteiger partial charge in [0.2, 0.25) is 0 Å². The van der Waals surface area contributed by atoms with E-state index in [1.54, 1.807) is 20.3 Å². The van der Waals surface area contributed by atoms with Crippen LogP contribution >= 0.6 is 0 Å². The number of amidine groups is 1. The van der Waals surface area contributed by atoms with E-state index in [9.17, 15) is 0 Å². The first-order chi connectivity index (χ1) is 9.49. The first-order valence-corrected chi connectivity index (χ1v) is 6.73. The van der Waals surface area contributed by atoms with Crippen molar-refractivity contribution < 1.29 is 9.47 Å². The molecule has 5 heteroatoms. The molecule has 0 aliphatic rings. The number of benzene rings is 1. The summed E-state index contributed by atoms with van der Waals surface area (Å²) in [5.74, 6) is 0.889. The molecule has 0 bridgehead atoms. The second-order valence-electron chi connectivity index (χ2n) is 5.00. The topological polar surface area (TPSA) is 71.6 Å². The lowest BCUT2D eigenvalue weighted by molar-refractivity contribution is 0.124. The molecule has 0 amide bonds. The summed E-state index contributed by atoms with van der Waals surface area (Å²) in [6.45, 7) is 6.58. The van der Waals surface area contributed by atoms with Crippen LogP contribution in [0.2, 0.25) is 0 Å². The van der Waals surface area contributed by atoms with Crippen molar-refractivity contribution in [2.75, 3.05) is 27.4 Å². The highest BCUT2D eigenvalue weighted by Gasteiger charge is 2.14. The van der Waals surface area contributed by atoms with Gasteiger partial charge in [0.05, 0.1) is 13.7 Å². The van der Waals surface area contributed by atoms with Crippen LogP contribution in [0.15, 0.2) is 18.2 Å². The minimum Gasteiger partial charge on any atom is -0.496 e. The maximum Gasteiger partial charge on any atom is 0.123 e. The standard InChI is InChI=1S/C15H25N3O2/c1-11(2)18(7-8-19-3)10-13-9-12(15(16)17)5-6-14(13)20-4/h5-6,9,11H,7-8,10H2,1-4H3,(H3,16,17). The van der Waals surface area contributed by atoms with Crippen LogP contribution in [0.1, 0.15) is 25.0 Å². The Morgan fingerprint density at radius 2 is 2.05 bits per heavy atom. The third-order valence-electron chi connectivity index (χ3n) is 3.28. The first-order valence-electron chi connectivity index (χ1n) is 6.73. The Hall–Kier alpha value is -1.59. The summed E-state index contributed by atoms with van der Waals surface area (Å²) in [6.07, 6.45) is 0. The van der Waals surface area contributed by atoms with Gasteiger partial charge in [0.25, 0.3) is 0 Å². The van der Waals surface area contributed by atoms with Gasteiger partial charge in [-0.3, -0.25) is 10.3 Å². The number of methoxy groups -OCH3 is 2. The lowest BCUT2D eigenvalue weighted by Crippen LogP contribution is -2.33. The van der Waals surface area contributed by atoms with E-state index in [0.29, 0.717) is 12.6 Å². The molecule has 0 unspecified atom stereocenters. The molecule has 0 radical (unpaired) electrons. The van der Waals surface area contributed by atoms with Gasteiger partial charge in [0, 0.05) is 37.4 Å². The van der Waals surface area contributed by atoms with Crippen LogP contribution in [-0.4, -0.2) is 44.1 Å². The molecular weight excluding hydrogens is 254 g/mol. The van der Waals surface area contributed by atoms with E-state index in [0.717, 1.165) is 30.0 Å².